The predicted octanol–water partition coefficient (Wildman–Crippen LogP) is 1.47. The van der Waals surface area contributed by atoms with Crippen molar-refractivity contribution in [2.24, 2.45) is 17.1 Å². The van der Waals surface area contributed by atoms with Gasteiger partial charge in [-0.05, 0) is 37.8 Å². The van der Waals surface area contributed by atoms with E-state index < -0.39 is 0 Å². The summed E-state index contributed by atoms with van der Waals surface area (Å²) in [5, 5.41) is 0. The minimum atomic E-state index is 0.588. The van der Waals surface area contributed by atoms with Crippen LogP contribution in [0.1, 0.15) is 32.1 Å². The van der Waals surface area contributed by atoms with E-state index in [4.69, 9.17) is 10.5 Å². The topological polar surface area (TPSA) is 38.5 Å². The molecule has 1 saturated carbocycles. The van der Waals surface area contributed by atoms with Crippen molar-refractivity contribution in [1.82, 2.24) is 4.90 Å². The second kappa shape index (κ2) is 5.48. The molecular formula is C13H26N2O. The van der Waals surface area contributed by atoms with Crippen LogP contribution in [0.25, 0.3) is 0 Å². The van der Waals surface area contributed by atoms with Gasteiger partial charge in [0.2, 0.25) is 0 Å². The van der Waals surface area contributed by atoms with Crippen molar-refractivity contribution >= 4 is 0 Å². The molecule has 0 bridgehead atoms. The van der Waals surface area contributed by atoms with E-state index in [1.807, 2.05) is 7.11 Å². The lowest BCUT2D eigenvalue weighted by molar-refractivity contribution is 0.0968. The Labute approximate surface area is 99.3 Å². The molecule has 2 fully saturated rings. The molecule has 0 radical (unpaired) electrons. The zero-order valence-corrected chi connectivity index (χ0v) is 10.6. The summed E-state index contributed by atoms with van der Waals surface area (Å²) in [5.74, 6) is 0.762. The number of rotatable bonds is 5. The summed E-state index contributed by atoms with van der Waals surface area (Å²) in [5.41, 5.74) is 6.18. The fourth-order valence-corrected chi connectivity index (χ4v) is 3.71. The van der Waals surface area contributed by atoms with Gasteiger partial charge in [-0.3, -0.25) is 0 Å². The first kappa shape index (κ1) is 12.3. The van der Waals surface area contributed by atoms with E-state index >= 15 is 0 Å². The Balaban J connectivity index is 1.94. The highest BCUT2D eigenvalue weighted by Crippen LogP contribution is 2.49. The maximum absolute atomic E-state index is 5.59. The van der Waals surface area contributed by atoms with E-state index in [0.717, 1.165) is 25.5 Å². The highest BCUT2D eigenvalue weighted by molar-refractivity contribution is 4.99. The summed E-state index contributed by atoms with van der Waals surface area (Å²) in [6.07, 6.45) is 6.81. The van der Waals surface area contributed by atoms with Crippen LogP contribution in [0.15, 0.2) is 0 Å². The lowest BCUT2D eigenvalue weighted by atomic mass is 9.77. The van der Waals surface area contributed by atoms with E-state index in [9.17, 15) is 0 Å². The van der Waals surface area contributed by atoms with E-state index in [0.29, 0.717) is 5.41 Å². The predicted molar refractivity (Wildman–Crippen MR) is 66.4 cm³/mol. The molecule has 16 heavy (non-hydrogen) atoms. The Morgan fingerprint density at radius 2 is 2.12 bits per heavy atom. The molecule has 1 unspecified atom stereocenters. The van der Waals surface area contributed by atoms with Crippen molar-refractivity contribution < 1.29 is 4.74 Å². The first-order valence-electron chi connectivity index (χ1n) is 6.72. The van der Waals surface area contributed by atoms with Gasteiger partial charge in [-0.1, -0.05) is 12.8 Å². The van der Waals surface area contributed by atoms with Gasteiger partial charge < -0.3 is 15.4 Å². The fraction of sp³-hybridized carbons (Fsp3) is 1.00. The minimum absolute atomic E-state index is 0.588. The SMILES string of the molecule is COCC1CN(CCCN)CC12CCCC2. The largest absolute Gasteiger partial charge is 0.384 e. The van der Waals surface area contributed by atoms with Gasteiger partial charge in [-0.15, -0.1) is 0 Å². The average molecular weight is 226 g/mol. The quantitative estimate of drug-likeness (QED) is 0.771. The van der Waals surface area contributed by atoms with Crippen molar-refractivity contribution in [2.75, 3.05) is 39.9 Å². The van der Waals surface area contributed by atoms with E-state index in [2.05, 4.69) is 4.90 Å². The van der Waals surface area contributed by atoms with Crippen molar-refractivity contribution in [2.45, 2.75) is 32.1 Å². The standard InChI is InChI=1S/C13H26N2O/c1-16-10-12-9-15(8-4-7-14)11-13(12)5-2-3-6-13/h12H,2-11,14H2,1H3. The van der Waals surface area contributed by atoms with Gasteiger partial charge in [-0.2, -0.15) is 0 Å². The van der Waals surface area contributed by atoms with Crippen molar-refractivity contribution in [3.63, 3.8) is 0 Å². The van der Waals surface area contributed by atoms with Crippen LogP contribution in [-0.4, -0.2) is 44.8 Å². The summed E-state index contributed by atoms with van der Waals surface area (Å²) in [6.45, 7) is 5.46. The normalized spacial score (nSPS) is 29.2. The van der Waals surface area contributed by atoms with Crippen LogP contribution in [0.4, 0.5) is 0 Å². The molecule has 2 N–H and O–H groups in total. The number of hydrogen-bond donors (Lipinski definition) is 1. The van der Waals surface area contributed by atoms with Crippen LogP contribution in [0.2, 0.25) is 0 Å². The van der Waals surface area contributed by atoms with Gasteiger partial charge in [0.1, 0.15) is 0 Å². The first-order valence-corrected chi connectivity index (χ1v) is 6.72. The first-order chi connectivity index (χ1) is 7.80. The molecule has 1 aliphatic carbocycles. The third-order valence-corrected chi connectivity index (χ3v) is 4.53. The van der Waals surface area contributed by atoms with Crippen molar-refractivity contribution in [3.05, 3.63) is 0 Å². The molecule has 1 aliphatic heterocycles. The minimum Gasteiger partial charge on any atom is -0.384 e. The van der Waals surface area contributed by atoms with Gasteiger partial charge in [0.25, 0.3) is 0 Å². The molecule has 2 aliphatic rings. The Hall–Kier alpha value is -0.120. The lowest BCUT2D eigenvalue weighted by Crippen LogP contribution is -2.30. The number of nitrogens with two attached hydrogens (primary N) is 1. The summed E-state index contributed by atoms with van der Waals surface area (Å²) in [4.78, 5) is 2.61. The molecule has 1 saturated heterocycles. The number of ether oxygens (including phenoxy) is 1. The van der Waals surface area contributed by atoms with Crippen LogP contribution in [0.5, 0.6) is 0 Å². The van der Waals surface area contributed by atoms with Crippen LogP contribution >= 0.6 is 0 Å². The molecule has 1 spiro atoms. The monoisotopic (exact) mass is 226 g/mol. The average Bonchev–Trinajstić information content (AvgIpc) is 2.87. The summed E-state index contributed by atoms with van der Waals surface area (Å²) in [7, 11) is 1.84. The highest BCUT2D eigenvalue weighted by Gasteiger charge is 2.47. The molecule has 0 aromatic heterocycles. The van der Waals surface area contributed by atoms with E-state index in [1.165, 1.54) is 45.3 Å². The molecule has 0 aromatic carbocycles. The number of methoxy groups -OCH3 is 1. The van der Waals surface area contributed by atoms with Crippen LogP contribution in [0, 0.1) is 11.3 Å². The Bertz CT molecular complexity index is 214. The third kappa shape index (κ3) is 2.41. The van der Waals surface area contributed by atoms with Crippen molar-refractivity contribution in [3.8, 4) is 0 Å². The Morgan fingerprint density at radius 1 is 1.38 bits per heavy atom. The molecule has 3 nitrogen and oxygen atoms in total. The van der Waals surface area contributed by atoms with Gasteiger partial charge in [0.05, 0.1) is 6.61 Å². The highest BCUT2D eigenvalue weighted by atomic mass is 16.5. The molecule has 3 heteroatoms. The van der Waals surface area contributed by atoms with Gasteiger partial charge in [-0.25, -0.2) is 0 Å². The maximum Gasteiger partial charge on any atom is 0.0508 e. The molecular weight excluding hydrogens is 200 g/mol. The summed E-state index contributed by atoms with van der Waals surface area (Å²) >= 11 is 0. The number of hydrogen-bond acceptors (Lipinski definition) is 3. The molecule has 94 valence electrons. The van der Waals surface area contributed by atoms with Gasteiger partial charge in [0, 0.05) is 26.1 Å². The number of nitrogens with zero attached hydrogens (tertiary/aromatic N) is 1. The van der Waals surface area contributed by atoms with Gasteiger partial charge >= 0.3 is 0 Å². The zero-order valence-electron chi connectivity index (χ0n) is 10.6. The van der Waals surface area contributed by atoms with Crippen LogP contribution < -0.4 is 5.73 Å². The molecule has 1 atom stereocenters. The second-order valence-corrected chi connectivity index (χ2v) is 5.60. The molecule has 0 amide bonds. The second-order valence-electron chi connectivity index (χ2n) is 5.60. The zero-order chi connectivity index (χ0) is 11.4. The van der Waals surface area contributed by atoms with Gasteiger partial charge in [0.15, 0.2) is 0 Å². The molecule has 2 rings (SSSR count). The summed E-state index contributed by atoms with van der Waals surface area (Å²) < 4.78 is 5.41. The van der Waals surface area contributed by atoms with Crippen LogP contribution in [0.3, 0.4) is 0 Å². The molecule has 1 heterocycles. The lowest BCUT2D eigenvalue weighted by Gasteiger charge is -2.29. The Kier molecular flexibility index (Phi) is 4.22. The maximum atomic E-state index is 5.59. The number of likely N-dealkylation sites (tertiary alicyclic amines) is 1. The van der Waals surface area contributed by atoms with E-state index in [1.54, 1.807) is 0 Å². The Morgan fingerprint density at radius 3 is 2.75 bits per heavy atom. The van der Waals surface area contributed by atoms with Crippen molar-refractivity contribution in [1.29, 1.82) is 0 Å². The smallest absolute Gasteiger partial charge is 0.0508 e. The molecule has 0 aromatic rings. The third-order valence-electron chi connectivity index (χ3n) is 4.53. The van der Waals surface area contributed by atoms with E-state index in [-0.39, 0.29) is 0 Å². The summed E-state index contributed by atoms with van der Waals surface area (Å²) in [6, 6.07) is 0. The van der Waals surface area contributed by atoms with Crippen LogP contribution in [-0.2, 0) is 4.74 Å². The fourth-order valence-electron chi connectivity index (χ4n) is 3.71.